The van der Waals surface area contributed by atoms with E-state index < -0.39 is 0 Å². The van der Waals surface area contributed by atoms with E-state index in [9.17, 15) is 0 Å². The minimum absolute atomic E-state index is 0.348. The number of nitrogens with zero attached hydrogens (tertiary/aromatic N) is 2. The van der Waals surface area contributed by atoms with Crippen LogP contribution >= 0.6 is 11.3 Å². The van der Waals surface area contributed by atoms with E-state index in [4.69, 9.17) is 0 Å². The molecule has 17 heavy (non-hydrogen) atoms. The van der Waals surface area contributed by atoms with Crippen molar-refractivity contribution < 1.29 is 0 Å². The molecule has 1 aromatic rings. The first-order valence-corrected chi connectivity index (χ1v) is 7.11. The molecule has 1 aromatic heterocycles. The van der Waals surface area contributed by atoms with Crippen LogP contribution in [0.4, 0.5) is 0 Å². The summed E-state index contributed by atoms with van der Waals surface area (Å²) in [7, 11) is 2.16. The molecule has 0 bridgehead atoms. The third kappa shape index (κ3) is 4.37. The van der Waals surface area contributed by atoms with E-state index in [1.807, 2.05) is 0 Å². The molecule has 0 radical (unpaired) electrons. The highest BCUT2D eigenvalue weighted by atomic mass is 32.1. The van der Waals surface area contributed by atoms with E-state index in [1.165, 1.54) is 10.6 Å². The number of hydrogen-bond donors (Lipinski definition) is 1. The standard InChI is InChI=1S/C13H25N3S/c1-9(2)16(6)8-7-14-10(3)13-11(4)17-12(5)15-13/h9-10,14H,7-8H2,1-6H3. The van der Waals surface area contributed by atoms with Gasteiger partial charge in [0, 0.05) is 30.1 Å². The van der Waals surface area contributed by atoms with Gasteiger partial charge in [0.15, 0.2) is 0 Å². The largest absolute Gasteiger partial charge is 0.308 e. The minimum atomic E-state index is 0.348. The zero-order chi connectivity index (χ0) is 13.0. The summed E-state index contributed by atoms with van der Waals surface area (Å²) in [5.74, 6) is 0. The average Bonchev–Trinajstić information content (AvgIpc) is 2.57. The highest BCUT2D eigenvalue weighted by molar-refractivity contribution is 7.11. The fourth-order valence-electron chi connectivity index (χ4n) is 1.76. The van der Waals surface area contributed by atoms with E-state index in [0.29, 0.717) is 12.1 Å². The van der Waals surface area contributed by atoms with E-state index >= 15 is 0 Å². The summed E-state index contributed by atoms with van der Waals surface area (Å²) >= 11 is 1.78. The van der Waals surface area contributed by atoms with Crippen molar-refractivity contribution in [1.29, 1.82) is 0 Å². The van der Waals surface area contributed by atoms with Crippen molar-refractivity contribution in [3.05, 3.63) is 15.6 Å². The van der Waals surface area contributed by atoms with Gasteiger partial charge < -0.3 is 10.2 Å². The predicted octanol–water partition coefficient (Wildman–Crippen LogP) is 2.75. The van der Waals surface area contributed by atoms with Crippen LogP contribution in [0.25, 0.3) is 0 Å². The van der Waals surface area contributed by atoms with Gasteiger partial charge in [-0.15, -0.1) is 11.3 Å². The molecule has 0 amide bonds. The fourth-order valence-corrected chi connectivity index (χ4v) is 2.67. The minimum Gasteiger partial charge on any atom is -0.308 e. The van der Waals surface area contributed by atoms with Gasteiger partial charge in [-0.25, -0.2) is 4.98 Å². The first-order chi connectivity index (χ1) is 7.91. The Labute approximate surface area is 109 Å². The molecule has 0 aliphatic heterocycles. The van der Waals surface area contributed by atoms with Crippen LogP contribution < -0.4 is 5.32 Å². The highest BCUT2D eigenvalue weighted by Gasteiger charge is 2.12. The number of nitrogens with one attached hydrogen (secondary N) is 1. The molecule has 0 fully saturated rings. The van der Waals surface area contributed by atoms with Crippen molar-refractivity contribution in [2.75, 3.05) is 20.1 Å². The molecule has 0 saturated heterocycles. The van der Waals surface area contributed by atoms with Gasteiger partial charge in [-0.05, 0) is 41.7 Å². The average molecular weight is 255 g/mol. The smallest absolute Gasteiger partial charge is 0.0900 e. The fraction of sp³-hybridized carbons (Fsp3) is 0.769. The summed E-state index contributed by atoms with van der Waals surface area (Å²) in [6.07, 6.45) is 0. The van der Waals surface area contributed by atoms with Crippen molar-refractivity contribution in [2.24, 2.45) is 0 Å². The second-order valence-corrected chi connectivity index (χ2v) is 6.33. The van der Waals surface area contributed by atoms with Crippen LogP contribution in [0.1, 0.15) is 42.4 Å². The van der Waals surface area contributed by atoms with Crippen molar-refractivity contribution in [3.63, 3.8) is 0 Å². The zero-order valence-corrected chi connectivity index (χ0v) is 12.7. The Morgan fingerprint density at radius 1 is 1.29 bits per heavy atom. The van der Waals surface area contributed by atoms with E-state index in [1.54, 1.807) is 11.3 Å². The van der Waals surface area contributed by atoms with Crippen LogP contribution in [0.2, 0.25) is 0 Å². The van der Waals surface area contributed by atoms with Crippen LogP contribution in [0.15, 0.2) is 0 Å². The molecular weight excluding hydrogens is 230 g/mol. The third-order valence-corrected chi connectivity index (χ3v) is 4.05. The molecule has 0 aromatic carbocycles. The van der Waals surface area contributed by atoms with Gasteiger partial charge in [-0.2, -0.15) is 0 Å². The van der Waals surface area contributed by atoms with Crippen molar-refractivity contribution in [2.45, 2.75) is 46.7 Å². The third-order valence-electron chi connectivity index (χ3n) is 3.15. The summed E-state index contributed by atoms with van der Waals surface area (Å²) in [4.78, 5) is 8.26. The van der Waals surface area contributed by atoms with Crippen LogP contribution in [0, 0.1) is 13.8 Å². The molecule has 98 valence electrons. The molecule has 1 rings (SSSR count). The maximum absolute atomic E-state index is 4.59. The lowest BCUT2D eigenvalue weighted by atomic mass is 10.2. The summed E-state index contributed by atoms with van der Waals surface area (Å²) in [5, 5.41) is 4.70. The van der Waals surface area contributed by atoms with Gasteiger partial charge in [-0.1, -0.05) is 0 Å². The predicted molar refractivity (Wildman–Crippen MR) is 75.8 cm³/mol. The Hall–Kier alpha value is -0.450. The Balaban J connectivity index is 2.40. The summed E-state index contributed by atoms with van der Waals surface area (Å²) in [5.41, 5.74) is 1.21. The summed E-state index contributed by atoms with van der Waals surface area (Å²) in [6.45, 7) is 12.9. The van der Waals surface area contributed by atoms with Crippen LogP contribution in [-0.2, 0) is 0 Å². The number of rotatable bonds is 6. The lowest BCUT2D eigenvalue weighted by molar-refractivity contribution is 0.269. The molecular formula is C13H25N3S. The molecule has 1 unspecified atom stereocenters. The van der Waals surface area contributed by atoms with Gasteiger partial charge in [0.1, 0.15) is 0 Å². The lowest BCUT2D eigenvalue weighted by Gasteiger charge is -2.22. The van der Waals surface area contributed by atoms with E-state index in [0.717, 1.165) is 18.1 Å². The maximum Gasteiger partial charge on any atom is 0.0900 e. The maximum atomic E-state index is 4.59. The molecule has 1 N–H and O–H groups in total. The number of likely N-dealkylation sites (N-methyl/N-ethyl adjacent to an activating group) is 1. The monoisotopic (exact) mass is 255 g/mol. The molecule has 0 spiro atoms. The Morgan fingerprint density at radius 2 is 1.94 bits per heavy atom. The second-order valence-electron chi connectivity index (χ2n) is 4.92. The Morgan fingerprint density at radius 3 is 2.41 bits per heavy atom. The highest BCUT2D eigenvalue weighted by Crippen LogP contribution is 2.22. The van der Waals surface area contributed by atoms with Crippen LogP contribution in [-0.4, -0.2) is 36.1 Å². The Bertz CT molecular complexity index is 346. The van der Waals surface area contributed by atoms with Gasteiger partial charge in [0.25, 0.3) is 0 Å². The quantitative estimate of drug-likeness (QED) is 0.847. The second kappa shape index (κ2) is 6.47. The molecule has 3 nitrogen and oxygen atoms in total. The molecule has 0 aliphatic rings. The van der Waals surface area contributed by atoms with Gasteiger partial charge in [-0.3, -0.25) is 0 Å². The molecule has 0 aliphatic carbocycles. The van der Waals surface area contributed by atoms with Crippen molar-refractivity contribution in [1.82, 2.24) is 15.2 Å². The molecule has 0 saturated carbocycles. The zero-order valence-electron chi connectivity index (χ0n) is 11.9. The SMILES string of the molecule is Cc1nc(C(C)NCCN(C)C(C)C)c(C)s1. The van der Waals surface area contributed by atoms with Crippen molar-refractivity contribution >= 4 is 11.3 Å². The number of hydrogen-bond acceptors (Lipinski definition) is 4. The molecule has 1 heterocycles. The topological polar surface area (TPSA) is 28.2 Å². The first kappa shape index (κ1) is 14.6. The Kier molecular flexibility index (Phi) is 5.56. The van der Waals surface area contributed by atoms with Crippen molar-refractivity contribution in [3.8, 4) is 0 Å². The number of aromatic nitrogens is 1. The molecule has 4 heteroatoms. The van der Waals surface area contributed by atoms with Gasteiger partial charge in [0.2, 0.25) is 0 Å². The van der Waals surface area contributed by atoms with Crippen LogP contribution in [0.5, 0.6) is 0 Å². The van der Waals surface area contributed by atoms with Gasteiger partial charge >= 0.3 is 0 Å². The van der Waals surface area contributed by atoms with E-state index in [2.05, 4.69) is 56.9 Å². The van der Waals surface area contributed by atoms with E-state index in [-0.39, 0.29) is 0 Å². The first-order valence-electron chi connectivity index (χ1n) is 6.29. The lowest BCUT2D eigenvalue weighted by Crippen LogP contribution is -2.34. The number of thiazole rings is 1. The van der Waals surface area contributed by atoms with Crippen LogP contribution in [0.3, 0.4) is 0 Å². The molecule has 1 atom stereocenters. The normalized spacial score (nSPS) is 13.6. The number of aryl methyl sites for hydroxylation is 2. The summed E-state index contributed by atoms with van der Waals surface area (Å²) < 4.78 is 0. The summed E-state index contributed by atoms with van der Waals surface area (Å²) in [6, 6.07) is 0.955. The van der Waals surface area contributed by atoms with Gasteiger partial charge in [0.05, 0.1) is 10.7 Å².